The van der Waals surface area contributed by atoms with Gasteiger partial charge in [-0.05, 0) is 61.9 Å². The summed E-state index contributed by atoms with van der Waals surface area (Å²) >= 11 is 0. The number of nitrogens with one attached hydrogen (secondary N) is 2. The normalized spacial score (nSPS) is 17.1. The number of alkyl halides is 6. The van der Waals surface area contributed by atoms with E-state index in [0.29, 0.717) is 43.8 Å². The molecule has 37 heavy (non-hydrogen) atoms. The van der Waals surface area contributed by atoms with Crippen molar-refractivity contribution in [2.24, 2.45) is 5.73 Å². The summed E-state index contributed by atoms with van der Waals surface area (Å²) in [6.07, 6.45) is -6.27. The highest BCUT2D eigenvalue weighted by Crippen LogP contribution is 2.34. The lowest BCUT2D eigenvalue weighted by atomic mass is 9.86. The van der Waals surface area contributed by atoms with Crippen LogP contribution in [-0.2, 0) is 11.0 Å². The number of carbonyl (C=O) groups excluding carboxylic acids is 1. The van der Waals surface area contributed by atoms with E-state index >= 15 is 0 Å². The standard InChI is InChI=1S/C25H24F6N4O2/c1-14(15-5-8-18(9-6-15)35-23(36)20(12-32)22(33)25(29,30)31)16-3-2-4-19(11-16)37-21-10-7-17(13-34-21)24(26,27)28/h2-4,7,10-13,18,32H,5-6,8-9,33H2,1H3,(H,35,36)/b15-14?,22-20+,32-12?. The van der Waals surface area contributed by atoms with E-state index in [1.165, 1.54) is 0 Å². The van der Waals surface area contributed by atoms with Gasteiger partial charge >= 0.3 is 12.4 Å². The SMILES string of the molecule is CC(=C1CCC(NC(=O)/C(C=N)=C(/N)C(F)(F)F)CC1)c1cccc(Oc2ccc(C(F)(F)F)cn2)c1. The number of hydrogen-bond donors (Lipinski definition) is 3. The van der Waals surface area contributed by atoms with Crippen molar-refractivity contribution in [1.82, 2.24) is 10.3 Å². The van der Waals surface area contributed by atoms with Crippen molar-refractivity contribution in [3.8, 4) is 11.6 Å². The molecule has 0 bridgehead atoms. The molecule has 1 heterocycles. The van der Waals surface area contributed by atoms with Gasteiger partial charge in [0.05, 0.1) is 11.1 Å². The number of amides is 1. The average molecular weight is 526 g/mol. The summed E-state index contributed by atoms with van der Waals surface area (Å²) in [5, 5.41) is 9.66. The largest absolute Gasteiger partial charge is 0.439 e. The van der Waals surface area contributed by atoms with Gasteiger partial charge in [-0.3, -0.25) is 4.79 Å². The second-order valence-corrected chi connectivity index (χ2v) is 8.46. The van der Waals surface area contributed by atoms with Crippen LogP contribution >= 0.6 is 0 Å². The Hall–Kier alpha value is -3.83. The minimum Gasteiger partial charge on any atom is -0.439 e. The number of hydrogen-bond acceptors (Lipinski definition) is 5. The summed E-state index contributed by atoms with van der Waals surface area (Å²) in [6.45, 7) is 1.91. The molecule has 198 valence electrons. The van der Waals surface area contributed by atoms with E-state index < -0.39 is 35.1 Å². The van der Waals surface area contributed by atoms with E-state index in [1.54, 1.807) is 18.2 Å². The van der Waals surface area contributed by atoms with Crippen molar-refractivity contribution >= 4 is 17.7 Å². The zero-order chi connectivity index (χ0) is 27.4. The Morgan fingerprint density at radius 1 is 1.14 bits per heavy atom. The van der Waals surface area contributed by atoms with Gasteiger partial charge < -0.3 is 21.2 Å². The molecule has 0 saturated heterocycles. The smallest absolute Gasteiger partial charge is 0.431 e. The summed E-state index contributed by atoms with van der Waals surface area (Å²) in [6, 6.07) is 8.61. The van der Waals surface area contributed by atoms with Gasteiger partial charge in [0.2, 0.25) is 5.88 Å². The first-order valence-electron chi connectivity index (χ1n) is 11.2. The van der Waals surface area contributed by atoms with Crippen molar-refractivity contribution in [1.29, 1.82) is 5.41 Å². The van der Waals surface area contributed by atoms with E-state index in [-0.39, 0.29) is 11.9 Å². The van der Waals surface area contributed by atoms with E-state index in [9.17, 15) is 31.1 Å². The number of halogens is 6. The van der Waals surface area contributed by atoms with Crippen LogP contribution in [0.15, 0.2) is 59.4 Å². The lowest BCUT2D eigenvalue weighted by molar-refractivity contribution is -0.137. The Morgan fingerprint density at radius 3 is 2.35 bits per heavy atom. The Morgan fingerprint density at radius 2 is 1.81 bits per heavy atom. The summed E-state index contributed by atoms with van der Waals surface area (Å²) in [5.74, 6) is -0.643. The number of ether oxygens (including phenoxy) is 1. The van der Waals surface area contributed by atoms with E-state index in [0.717, 1.165) is 28.8 Å². The molecule has 0 spiro atoms. The second-order valence-electron chi connectivity index (χ2n) is 8.46. The van der Waals surface area contributed by atoms with Crippen molar-refractivity contribution in [2.75, 3.05) is 0 Å². The number of pyridine rings is 1. The highest BCUT2D eigenvalue weighted by atomic mass is 19.4. The summed E-state index contributed by atoms with van der Waals surface area (Å²) < 4.78 is 82.2. The molecule has 1 aliphatic rings. The summed E-state index contributed by atoms with van der Waals surface area (Å²) in [7, 11) is 0. The van der Waals surface area contributed by atoms with Crippen molar-refractivity contribution in [3.63, 3.8) is 0 Å². The highest BCUT2D eigenvalue weighted by Gasteiger charge is 2.36. The van der Waals surface area contributed by atoms with Crippen LogP contribution in [0, 0.1) is 5.41 Å². The van der Waals surface area contributed by atoms with Gasteiger partial charge in [-0.25, -0.2) is 4.98 Å². The molecule has 4 N–H and O–H groups in total. The first-order valence-corrected chi connectivity index (χ1v) is 11.2. The third kappa shape index (κ3) is 7.11. The Bertz CT molecular complexity index is 1210. The third-order valence-electron chi connectivity index (χ3n) is 5.99. The molecule has 0 aliphatic heterocycles. The molecule has 3 rings (SSSR count). The molecule has 1 aromatic heterocycles. The fourth-order valence-corrected chi connectivity index (χ4v) is 3.89. The topological polar surface area (TPSA) is 101 Å². The first kappa shape index (κ1) is 27.8. The van der Waals surface area contributed by atoms with Crippen LogP contribution < -0.4 is 15.8 Å². The van der Waals surface area contributed by atoms with Gasteiger partial charge in [-0.15, -0.1) is 0 Å². The molecular weight excluding hydrogens is 502 g/mol. The monoisotopic (exact) mass is 526 g/mol. The molecule has 1 saturated carbocycles. The molecule has 1 fully saturated rings. The van der Waals surface area contributed by atoms with Crippen LogP contribution in [0.2, 0.25) is 0 Å². The van der Waals surface area contributed by atoms with Crippen molar-refractivity contribution in [3.05, 3.63) is 70.6 Å². The average Bonchev–Trinajstić information content (AvgIpc) is 2.84. The maximum Gasteiger partial charge on any atom is 0.431 e. The fourth-order valence-electron chi connectivity index (χ4n) is 3.89. The van der Waals surface area contributed by atoms with Gasteiger partial charge in [0.1, 0.15) is 11.4 Å². The lowest BCUT2D eigenvalue weighted by Gasteiger charge is -2.27. The number of aromatic nitrogens is 1. The minimum absolute atomic E-state index is 0.0104. The Labute approximate surface area is 208 Å². The maximum absolute atomic E-state index is 12.8. The van der Waals surface area contributed by atoms with Gasteiger partial charge in [-0.2, -0.15) is 26.3 Å². The van der Waals surface area contributed by atoms with Gasteiger partial charge in [0.25, 0.3) is 5.91 Å². The molecule has 0 atom stereocenters. The Kier molecular flexibility index (Phi) is 8.29. The molecule has 1 aliphatic carbocycles. The molecule has 6 nitrogen and oxygen atoms in total. The van der Waals surface area contributed by atoms with E-state index in [4.69, 9.17) is 15.9 Å². The lowest BCUT2D eigenvalue weighted by Crippen LogP contribution is -2.39. The summed E-state index contributed by atoms with van der Waals surface area (Å²) in [5.41, 5.74) is 4.46. The van der Waals surface area contributed by atoms with Crippen LogP contribution in [-0.4, -0.2) is 29.3 Å². The number of carbonyl (C=O) groups is 1. The van der Waals surface area contributed by atoms with Crippen LogP contribution in [0.3, 0.4) is 0 Å². The molecule has 1 amide bonds. The molecule has 12 heteroatoms. The molecule has 0 radical (unpaired) electrons. The van der Waals surface area contributed by atoms with Gasteiger partial charge in [-0.1, -0.05) is 17.7 Å². The highest BCUT2D eigenvalue weighted by molar-refractivity contribution is 6.12. The van der Waals surface area contributed by atoms with Crippen LogP contribution in [0.5, 0.6) is 11.6 Å². The molecule has 0 unspecified atom stereocenters. The van der Waals surface area contributed by atoms with E-state index in [2.05, 4.69) is 10.3 Å². The van der Waals surface area contributed by atoms with Crippen molar-refractivity contribution in [2.45, 2.75) is 51.0 Å². The Balaban J connectivity index is 1.65. The molecule has 2 aromatic rings. The van der Waals surface area contributed by atoms with Crippen molar-refractivity contribution < 1.29 is 35.9 Å². The quantitative estimate of drug-likeness (QED) is 0.239. The van der Waals surface area contributed by atoms with Crippen LogP contribution in [0.4, 0.5) is 26.3 Å². The third-order valence-corrected chi connectivity index (χ3v) is 5.99. The number of benzene rings is 1. The second kappa shape index (κ2) is 11.1. The minimum atomic E-state index is -4.91. The van der Waals surface area contributed by atoms with Crippen LogP contribution in [0.1, 0.15) is 43.7 Å². The zero-order valence-corrected chi connectivity index (χ0v) is 19.6. The van der Waals surface area contributed by atoms with Gasteiger partial charge in [0.15, 0.2) is 0 Å². The maximum atomic E-state index is 12.8. The van der Waals surface area contributed by atoms with E-state index in [1.807, 2.05) is 13.0 Å². The number of allylic oxidation sites excluding steroid dienone is 3. The predicted molar refractivity (Wildman–Crippen MR) is 125 cm³/mol. The number of rotatable bonds is 6. The predicted octanol–water partition coefficient (Wildman–Crippen LogP) is 6.15. The first-order chi connectivity index (χ1) is 17.3. The number of nitrogens with zero attached hydrogens (tertiary/aromatic N) is 1. The van der Waals surface area contributed by atoms with Gasteiger partial charge in [0, 0.05) is 24.5 Å². The van der Waals surface area contributed by atoms with Crippen LogP contribution in [0.25, 0.3) is 5.57 Å². The zero-order valence-electron chi connectivity index (χ0n) is 19.6. The number of nitrogens with two attached hydrogens (primary N) is 1. The summed E-state index contributed by atoms with van der Waals surface area (Å²) in [4.78, 5) is 15.9. The molecular formula is C25H24F6N4O2. The fraction of sp³-hybridized carbons (Fsp3) is 0.320. The molecule has 1 aromatic carbocycles.